The molecule has 32 heavy (non-hydrogen) atoms. The van der Waals surface area contributed by atoms with Crippen molar-refractivity contribution in [3.05, 3.63) is 88.4 Å². The molecular weight excluding hydrogens is 426 g/mol. The van der Waals surface area contributed by atoms with E-state index in [4.69, 9.17) is 16.4 Å². The van der Waals surface area contributed by atoms with Crippen LogP contribution in [-0.4, -0.2) is 35.3 Å². The molecule has 0 radical (unpaired) electrons. The van der Waals surface area contributed by atoms with E-state index in [9.17, 15) is 0 Å². The van der Waals surface area contributed by atoms with Crippen molar-refractivity contribution >= 4 is 34.5 Å². The van der Waals surface area contributed by atoms with Crippen molar-refractivity contribution in [3.8, 4) is 0 Å². The van der Waals surface area contributed by atoms with E-state index in [0.29, 0.717) is 17.4 Å². The normalized spacial score (nSPS) is 11.7. The Morgan fingerprint density at radius 3 is 2.75 bits per heavy atom. The fraction of sp³-hybridized carbons (Fsp3) is 0.174. The van der Waals surface area contributed by atoms with Crippen molar-refractivity contribution in [2.24, 2.45) is 5.16 Å². The van der Waals surface area contributed by atoms with Crippen LogP contribution in [0.25, 0.3) is 16.7 Å². The highest BCUT2D eigenvalue weighted by Crippen LogP contribution is 2.27. The third kappa shape index (κ3) is 3.80. The molecule has 9 heteroatoms. The molecule has 0 aliphatic rings. The zero-order valence-corrected chi connectivity index (χ0v) is 18.4. The van der Waals surface area contributed by atoms with Crippen molar-refractivity contribution in [2.75, 3.05) is 0 Å². The summed E-state index contributed by atoms with van der Waals surface area (Å²) < 4.78 is 3.87. The molecule has 0 aliphatic heterocycles. The van der Waals surface area contributed by atoms with Crippen LogP contribution in [0.15, 0.2) is 60.3 Å². The molecule has 0 spiro atoms. The topological polar surface area (TPSA) is 82.5 Å². The van der Waals surface area contributed by atoms with Gasteiger partial charge in [-0.05, 0) is 48.7 Å². The Hall–Kier alpha value is -3.78. The zero-order valence-electron chi connectivity index (χ0n) is 17.6. The number of aromatic nitrogens is 6. The molecule has 4 heterocycles. The molecule has 4 aromatic heterocycles. The highest BCUT2D eigenvalue weighted by atomic mass is 35.5. The fourth-order valence-electron chi connectivity index (χ4n) is 3.65. The SMILES string of the molecule is Cc1c(C)n(Cc2cccnc2)c2ncn3nc(CO/N=C/c4ccc(Cl)cc4)nc3c12. The van der Waals surface area contributed by atoms with Crippen LogP contribution in [0.2, 0.25) is 5.02 Å². The van der Waals surface area contributed by atoms with Crippen LogP contribution in [0.1, 0.15) is 28.2 Å². The number of hydrogen-bond donors (Lipinski definition) is 0. The molecule has 1 aromatic carbocycles. The molecule has 0 atom stereocenters. The summed E-state index contributed by atoms with van der Waals surface area (Å²) in [6, 6.07) is 11.3. The molecule has 0 saturated heterocycles. The molecular formula is C23H20ClN7O. The summed E-state index contributed by atoms with van der Waals surface area (Å²) in [6.07, 6.45) is 6.95. The highest BCUT2D eigenvalue weighted by Gasteiger charge is 2.18. The number of benzene rings is 1. The van der Waals surface area contributed by atoms with Crippen molar-refractivity contribution in [3.63, 3.8) is 0 Å². The Labute approximate surface area is 189 Å². The van der Waals surface area contributed by atoms with Crippen LogP contribution in [0.4, 0.5) is 0 Å². The lowest BCUT2D eigenvalue weighted by Crippen LogP contribution is -2.03. The second-order valence-electron chi connectivity index (χ2n) is 7.46. The predicted octanol–water partition coefficient (Wildman–Crippen LogP) is 4.34. The molecule has 160 valence electrons. The van der Waals surface area contributed by atoms with E-state index in [1.165, 1.54) is 0 Å². The lowest BCUT2D eigenvalue weighted by molar-refractivity contribution is 0.126. The van der Waals surface area contributed by atoms with Crippen LogP contribution in [0, 0.1) is 13.8 Å². The molecule has 0 unspecified atom stereocenters. The van der Waals surface area contributed by atoms with Gasteiger partial charge >= 0.3 is 0 Å². The second-order valence-corrected chi connectivity index (χ2v) is 7.89. The van der Waals surface area contributed by atoms with Gasteiger partial charge in [-0.2, -0.15) is 0 Å². The maximum atomic E-state index is 5.89. The van der Waals surface area contributed by atoms with Crippen LogP contribution in [-0.2, 0) is 18.0 Å². The number of fused-ring (bicyclic) bond motifs is 3. The van der Waals surface area contributed by atoms with Gasteiger partial charge < -0.3 is 9.40 Å². The molecule has 5 aromatic rings. The summed E-state index contributed by atoms with van der Waals surface area (Å²) >= 11 is 5.89. The van der Waals surface area contributed by atoms with Gasteiger partial charge in [-0.25, -0.2) is 14.5 Å². The summed E-state index contributed by atoms with van der Waals surface area (Å²) in [5.74, 6) is 0.532. The first-order valence-electron chi connectivity index (χ1n) is 10.1. The number of hydrogen-bond acceptors (Lipinski definition) is 6. The van der Waals surface area contributed by atoms with Crippen LogP contribution < -0.4 is 0 Å². The minimum atomic E-state index is 0.154. The quantitative estimate of drug-likeness (QED) is 0.287. The molecule has 0 bridgehead atoms. The number of oxime groups is 1. The van der Waals surface area contributed by atoms with E-state index in [1.54, 1.807) is 35.4 Å². The number of aryl methyl sites for hydroxylation is 1. The van der Waals surface area contributed by atoms with Gasteiger partial charge in [0.1, 0.15) is 12.0 Å². The zero-order chi connectivity index (χ0) is 22.1. The van der Waals surface area contributed by atoms with Gasteiger partial charge in [0.2, 0.25) is 0 Å². The smallest absolute Gasteiger partial charge is 0.192 e. The first kappa shape index (κ1) is 20.1. The maximum absolute atomic E-state index is 5.89. The molecule has 0 fully saturated rings. The Kier molecular flexibility index (Phi) is 5.28. The van der Waals surface area contributed by atoms with Crippen molar-refractivity contribution in [1.29, 1.82) is 0 Å². The van der Waals surface area contributed by atoms with Gasteiger partial charge in [0.25, 0.3) is 0 Å². The van der Waals surface area contributed by atoms with E-state index in [1.807, 2.05) is 24.4 Å². The van der Waals surface area contributed by atoms with Gasteiger partial charge in [0.15, 0.2) is 18.1 Å². The third-order valence-corrected chi connectivity index (χ3v) is 5.65. The standard InChI is InChI=1S/C23H20ClN7O/c1-15-16(2)30(12-18-4-3-9-25-10-18)22-21(15)23-28-20(29-31(23)14-26-22)13-32-27-11-17-5-7-19(24)8-6-17/h3-11,14H,12-13H2,1-2H3/b27-11+. The minimum Gasteiger partial charge on any atom is -0.387 e. The number of halogens is 1. The van der Waals surface area contributed by atoms with Gasteiger partial charge in [0.05, 0.1) is 18.1 Å². The van der Waals surface area contributed by atoms with E-state index in [-0.39, 0.29) is 6.61 Å². The van der Waals surface area contributed by atoms with Gasteiger partial charge in [-0.15, -0.1) is 5.10 Å². The maximum Gasteiger partial charge on any atom is 0.192 e. The van der Waals surface area contributed by atoms with Crippen LogP contribution >= 0.6 is 11.6 Å². The lowest BCUT2D eigenvalue weighted by Gasteiger charge is -2.07. The first-order chi connectivity index (χ1) is 15.6. The summed E-state index contributed by atoms with van der Waals surface area (Å²) in [6.45, 7) is 5.02. The van der Waals surface area contributed by atoms with Gasteiger partial charge in [-0.1, -0.05) is 35.0 Å². The molecule has 0 N–H and O–H groups in total. The average molecular weight is 446 g/mol. The van der Waals surface area contributed by atoms with Crippen LogP contribution in [0.3, 0.4) is 0 Å². The fourth-order valence-corrected chi connectivity index (χ4v) is 3.77. The Bertz CT molecular complexity index is 1420. The van der Waals surface area contributed by atoms with Crippen molar-refractivity contribution in [2.45, 2.75) is 27.0 Å². The number of rotatable bonds is 6. The van der Waals surface area contributed by atoms with E-state index in [2.05, 4.69) is 49.7 Å². The predicted molar refractivity (Wildman–Crippen MR) is 123 cm³/mol. The molecule has 0 saturated carbocycles. The van der Waals surface area contributed by atoms with E-state index >= 15 is 0 Å². The van der Waals surface area contributed by atoms with Gasteiger partial charge in [-0.3, -0.25) is 4.98 Å². The lowest BCUT2D eigenvalue weighted by atomic mass is 10.2. The molecule has 0 aliphatic carbocycles. The van der Waals surface area contributed by atoms with Gasteiger partial charge in [0, 0.05) is 23.1 Å². The second kappa shape index (κ2) is 8.39. The Balaban J connectivity index is 1.41. The molecule has 0 amide bonds. The van der Waals surface area contributed by atoms with Crippen LogP contribution in [0.5, 0.6) is 0 Å². The Morgan fingerprint density at radius 2 is 1.97 bits per heavy atom. The van der Waals surface area contributed by atoms with E-state index in [0.717, 1.165) is 39.1 Å². The third-order valence-electron chi connectivity index (χ3n) is 5.39. The summed E-state index contributed by atoms with van der Waals surface area (Å²) in [7, 11) is 0. The number of nitrogens with zero attached hydrogens (tertiary/aromatic N) is 7. The van der Waals surface area contributed by atoms with Crippen molar-refractivity contribution < 1.29 is 4.84 Å². The van der Waals surface area contributed by atoms with Crippen molar-refractivity contribution in [1.82, 2.24) is 29.1 Å². The Morgan fingerprint density at radius 1 is 1.12 bits per heavy atom. The number of pyridine rings is 1. The monoisotopic (exact) mass is 445 g/mol. The minimum absolute atomic E-state index is 0.154. The molecule has 8 nitrogen and oxygen atoms in total. The highest BCUT2D eigenvalue weighted by molar-refractivity contribution is 6.30. The summed E-state index contributed by atoms with van der Waals surface area (Å²) in [5.41, 5.74) is 5.89. The summed E-state index contributed by atoms with van der Waals surface area (Å²) in [4.78, 5) is 19.0. The summed E-state index contributed by atoms with van der Waals surface area (Å²) in [5, 5.41) is 10.2. The first-order valence-corrected chi connectivity index (χ1v) is 10.5. The average Bonchev–Trinajstić information content (AvgIpc) is 3.33. The van der Waals surface area contributed by atoms with E-state index < -0.39 is 0 Å². The molecule has 5 rings (SSSR count). The largest absolute Gasteiger partial charge is 0.387 e.